The van der Waals surface area contributed by atoms with E-state index in [1.54, 1.807) is 29.5 Å². The van der Waals surface area contributed by atoms with E-state index in [4.69, 9.17) is 9.57 Å². The van der Waals surface area contributed by atoms with Crippen LogP contribution in [0.3, 0.4) is 0 Å². The number of benzene rings is 8. The lowest BCUT2D eigenvalue weighted by Gasteiger charge is -2.17. The van der Waals surface area contributed by atoms with E-state index >= 15 is 0 Å². The molecule has 20 rings (SSSR count). The second kappa shape index (κ2) is 68.7. The van der Waals surface area contributed by atoms with Gasteiger partial charge < -0.3 is 57.4 Å². The zero-order valence-corrected chi connectivity index (χ0v) is 77.2. The SMILES string of the molecule is CC.CC.CC.CC.CC.CC.CC.CC.CC.CC.O=S1(=O)CCNc2ccccc21.c1cc2c(s1)CCN2.c1cc2c(s1)NCC2.c1ccc2c(c1)CCCN2.c1ccc2c(c1)CCN2.c1ccc2c(c1)CCNC2.c1ccc2c(c1)CNC2.c1ccc2c(c1)CNO2.c1ccc2c(c1)NCCO2.c1ccc2c(c1)NCCS2. The molecule has 10 aromatic rings. The van der Waals surface area contributed by atoms with E-state index in [1.807, 2.05) is 210 Å². The van der Waals surface area contributed by atoms with Crippen LogP contribution in [-0.4, -0.2) is 78.9 Å². The third-order valence-electron chi connectivity index (χ3n) is 16.7. The number of hydroxylamine groups is 1. The number of fused-ring (bicyclic) bond motifs is 10. The second-order valence-electron chi connectivity index (χ2n) is 23.3. The summed E-state index contributed by atoms with van der Waals surface area (Å²) in [5, 5.41) is 35.1. The van der Waals surface area contributed by atoms with E-state index in [-0.39, 0.29) is 5.75 Å². The lowest BCUT2D eigenvalue weighted by Crippen LogP contribution is -2.23. The van der Waals surface area contributed by atoms with Crippen molar-refractivity contribution in [1.82, 2.24) is 16.1 Å². The summed E-state index contributed by atoms with van der Waals surface area (Å²) in [5.74, 6) is 3.31. The van der Waals surface area contributed by atoms with Crippen LogP contribution in [-0.2, 0) is 68.1 Å². The van der Waals surface area contributed by atoms with Gasteiger partial charge in [-0.15, -0.1) is 34.4 Å². The Hall–Kier alpha value is -8.46. The Labute approximate surface area is 711 Å². The summed E-state index contributed by atoms with van der Waals surface area (Å²) in [5.41, 5.74) is 21.5. The first-order valence-corrected chi connectivity index (χ1v) is 47.5. The van der Waals surface area contributed by atoms with Crippen LogP contribution in [0.5, 0.6) is 11.5 Å². The molecule has 0 unspecified atom stereocenters. The van der Waals surface area contributed by atoms with Crippen molar-refractivity contribution in [2.75, 3.05) is 108 Å². The first-order valence-electron chi connectivity index (χ1n) is 43.1. The molecule has 12 heterocycles. The molecule has 10 aliphatic rings. The van der Waals surface area contributed by atoms with Gasteiger partial charge in [0.1, 0.15) is 12.4 Å². The van der Waals surface area contributed by atoms with E-state index in [0.717, 1.165) is 101 Å². The van der Waals surface area contributed by atoms with Crippen molar-refractivity contribution in [3.63, 3.8) is 0 Å². The normalized spacial score (nSPS) is 13.6. The summed E-state index contributed by atoms with van der Waals surface area (Å²) in [6.07, 6.45) is 7.35. The van der Waals surface area contributed by atoms with E-state index in [1.165, 1.54) is 126 Å². The van der Waals surface area contributed by atoms with Crippen molar-refractivity contribution in [1.29, 1.82) is 0 Å². The highest BCUT2D eigenvalue weighted by Crippen LogP contribution is 2.32. The van der Waals surface area contributed by atoms with Gasteiger partial charge in [-0.3, -0.25) is 0 Å². The average molecular weight is 1650 g/mol. The first kappa shape index (κ1) is 105. The molecule has 0 radical (unpaired) electrons. The Morgan fingerprint density at radius 2 is 0.757 bits per heavy atom. The van der Waals surface area contributed by atoms with Gasteiger partial charge in [0.25, 0.3) is 0 Å². The molecule has 0 bridgehead atoms. The molecule has 634 valence electrons. The van der Waals surface area contributed by atoms with Gasteiger partial charge in [0.15, 0.2) is 15.6 Å². The summed E-state index contributed by atoms with van der Waals surface area (Å²) in [4.78, 5) is 8.38. The minimum atomic E-state index is -3.00. The number of rotatable bonds is 0. The van der Waals surface area contributed by atoms with Crippen molar-refractivity contribution in [2.45, 2.75) is 213 Å². The number of aryl methyl sites for hydroxylation is 1. The molecule has 0 amide bonds. The topological polar surface area (TPSA) is 173 Å². The van der Waals surface area contributed by atoms with Crippen LogP contribution in [0, 0.1) is 0 Å². The number of hydrogen-bond acceptors (Lipinski definition) is 17. The molecule has 115 heavy (non-hydrogen) atoms. The Morgan fingerprint density at radius 3 is 1.34 bits per heavy atom. The predicted molar refractivity (Wildman–Crippen MR) is 514 cm³/mol. The molecule has 0 saturated carbocycles. The zero-order valence-electron chi connectivity index (χ0n) is 73.9. The summed E-state index contributed by atoms with van der Waals surface area (Å²) in [7, 11) is -3.00. The molecule has 18 heteroatoms. The van der Waals surface area contributed by atoms with Gasteiger partial charge in [-0.25, -0.2) is 8.42 Å². The maximum absolute atomic E-state index is 11.4. The van der Waals surface area contributed by atoms with Gasteiger partial charge in [-0.1, -0.05) is 278 Å². The first-order chi connectivity index (χ1) is 56.9. The minimum Gasteiger partial charge on any atom is -0.490 e. The lowest BCUT2D eigenvalue weighted by molar-refractivity contribution is 0.224. The zero-order chi connectivity index (χ0) is 85.0. The molecular weight excluding hydrogens is 1500 g/mol. The summed E-state index contributed by atoms with van der Waals surface area (Å²) < 4.78 is 28.2. The minimum absolute atomic E-state index is 0.198. The number of para-hydroxylation sites is 7. The van der Waals surface area contributed by atoms with Gasteiger partial charge in [-0.2, -0.15) is 5.48 Å². The Morgan fingerprint density at radius 1 is 0.313 bits per heavy atom. The molecule has 10 aliphatic heterocycles. The molecule has 0 aliphatic carbocycles. The van der Waals surface area contributed by atoms with Gasteiger partial charge in [-0.05, 0) is 155 Å². The van der Waals surface area contributed by atoms with Crippen molar-refractivity contribution in [2.24, 2.45) is 0 Å². The molecule has 2 aromatic heterocycles. The van der Waals surface area contributed by atoms with Crippen LogP contribution in [0.4, 0.5) is 39.1 Å². The van der Waals surface area contributed by atoms with Crippen LogP contribution in [0.2, 0.25) is 0 Å². The second-order valence-corrected chi connectivity index (χ2v) is 28.4. The summed E-state index contributed by atoms with van der Waals surface area (Å²) >= 11 is 5.58. The summed E-state index contributed by atoms with van der Waals surface area (Å²) in [6, 6.07) is 69.9. The van der Waals surface area contributed by atoms with Crippen molar-refractivity contribution in [3.8, 4) is 11.5 Å². The molecular formula is C97H148N10O4S4. The van der Waals surface area contributed by atoms with E-state index in [9.17, 15) is 8.42 Å². The largest absolute Gasteiger partial charge is 0.490 e. The molecule has 0 atom stereocenters. The van der Waals surface area contributed by atoms with Gasteiger partial charge in [0.05, 0.1) is 33.6 Å². The quantitative estimate of drug-likeness (QED) is 0.0695. The molecule has 14 nitrogen and oxygen atoms in total. The molecule has 0 fully saturated rings. The van der Waals surface area contributed by atoms with Crippen LogP contribution in [0.25, 0.3) is 0 Å². The molecule has 0 saturated heterocycles. The number of sulfone groups is 1. The highest BCUT2D eigenvalue weighted by molar-refractivity contribution is 7.99. The predicted octanol–water partition coefficient (Wildman–Crippen LogP) is 25.7. The third-order valence-corrected chi connectivity index (χ3v) is 21.5. The summed E-state index contributed by atoms with van der Waals surface area (Å²) in [6.45, 7) is 52.9. The number of hydrogen-bond donors (Lipinski definition) is 10. The fourth-order valence-corrected chi connectivity index (χ4v) is 15.7. The highest BCUT2D eigenvalue weighted by Gasteiger charge is 2.22. The maximum Gasteiger partial charge on any atom is 0.182 e. The smallest absolute Gasteiger partial charge is 0.182 e. The Kier molecular flexibility index (Phi) is 62.5. The Bertz CT molecular complexity index is 3540. The average Bonchev–Trinajstić information content (AvgIpc) is 1.78. The number of thiophene rings is 2. The van der Waals surface area contributed by atoms with E-state index < -0.39 is 9.84 Å². The maximum atomic E-state index is 11.4. The number of anilines is 7. The van der Waals surface area contributed by atoms with Crippen LogP contribution in [0.15, 0.2) is 227 Å². The van der Waals surface area contributed by atoms with Crippen molar-refractivity contribution in [3.05, 3.63) is 266 Å². The number of thioether (sulfide) groups is 1. The van der Waals surface area contributed by atoms with Gasteiger partial charge in [0, 0.05) is 116 Å². The molecule has 8 aromatic carbocycles. The van der Waals surface area contributed by atoms with Gasteiger partial charge >= 0.3 is 0 Å². The van der Waals surface area contributed by atoms with E-state index in [0.29, 0.717) is 11.4 Å². The van der Waals surface area contributed by atoms with Crippen molar-refractivity contribution < 1.29 is 18.0 Å². The molecule has 10 N–H and O–H groups in total. The monoisotopic (exact) mass is 1650 g/mol. The van der Waals surface area contributed by atoms with Crippen molar-refractivity contribution >= 4 is 83.4 Å². The standard InChI is InChI=1S/2C9H11N.C8H9NO2S.C8H9NO.C8H9NS.2C8H9N.C7H7NO.2C6H7NS.10C2H6/c1-2-6-9-8(4-1)5-3-7-10-9;1-2-4-9-7-10-6-5-8(9)3-1;10-12(11)6-5-9-7-3-1-2-4-8(7)12;2*1-2-4-8-7(3-1)9-5-6-10-8;1-2-4-8-6-9-5-7(8)3-1;1-2-4-8-7(3-1)5-6-9-8;1-2-4-7-6(3-1)5-8-9-7;1-3-7-5-2-4-8-6(1)5;1-3-7-6-5(1)2-4-8-6;10*1-2/h1-2,4,6,10H,3,5,7H2;1-4,10H,5-7H2;1-4,9H,5-6H2;2*1-4,9H,5-6H2;2*1-4,9H,5-6H2;1-4,8H,5H2;2*2,4,7H,1,3H2;10*1-2H3. The van der Waals surface area contributed by atoms with Gasteiger partial charge in [0.2, 0.25) is 0 Å². The van der Waals surface area contributed by atoms with Crippen LogP contribution in [0.1, 0.15) is 194 Å². The van der Waals surface area contributed by atoms with Crippen LogP contribution >= 0.6 is 34.4 Å². The molecule has 0 spiro atoms. The fraction of sp³-hybridized carbons (Fsp3) is 0.423. The fourth-order valence-electron chi connectivity index (χ4n) is 11.7. The highest BCUT2D eigenvalue weighted by atomic mass is 32.2. The van der Waals surface area contributed by atoms with Crippen LogP contribution < -0.4 is 62.9 Å². The number of ether oxygens (including phenoxy) is 1. The number of nitrogens with one attached hydrogen (secondary N) is 10. The third kappa shape index (κ3) is 38.9. The lowest BCUT2D eigenvalue weighted by atomic mass is 10.0. The Balaban J connectivity index is 0.000000624. The van der Waals surface area contributed by atoms with E-state index in [2.05, 4.69) is 204 Å².